The quantitative estimate of drug-likeness (QED) is 0.940. The number of rotatable bonds is 4. The lowest BCUT2D eigenvalue weighted by Gasteiger charge is -2.34. The van der Waals surface area contributed by atoms with Crippen LogP contribution in [0.4, 0.5) is 17.5 Å². The van der Waals surface area contributed by atoms with Gasteiger partial charge in [0, 0.05) is 38.1 Å². The van der Waals surface area contributed by atoms with Crippen LogP contribution in [0.3, 0.4) is 0 Å². The van der Waals surface area contributed by atoms with Gasteiger partial charge < -0.3 is 15.1 Å². The molecule has 2 heterocycles. The largest absolute Gasteiger partial charge is 0.354 e. The van der Waals surface area contributed by atoms with Crippen molar-refractivity contribution in [3.8, 4) is 0 Å². The Labute approximate surface area is 138 Å². The Morgan fingerprint density at radius 2 is 1.74 bits per heavy atom. The van der Waals surface area contributed by atoms with Gasteiger partial charge in [0.05, 0.1) is 0 Å². The van der Waals surface area contributed by atoms with Crippen molar-refractivity contribution in [2.24, 2.45) is 0 Å². The van der Waals surface area contributed by atoms with Gasteiger partial charge in [0.1, 0.15) is 5.82 Å². The van der Waals surface area contributed by atoms with Crippen LogP contribution < -0.4 is 10.2 Å². The number of aryl methyl sites for hydroxylation is 2. The molecule has 1 fully saturated rings. The maximum absolute atomic E-state index is 4.69. The van der Waals surface area contributed by atoms with E-state index in [9.17, 15) is 0 Å². The van der Waals surface area contributed by atoms with Gasteiger partial charge in [-0.1, -0.05) is 13.0 Å². The zero-order chi connectivity index (χ0) is 16.2. The first-order valence-electron chi connectivity index (χ1n) is 8.29. The minimum absolute atomic E-state index is 0.658. The number of hydrogen-bond donors (Lipinski definition) is 1. The lowest BCUT2D eigenvalue weighted by molar-refractivity contribution is 0.270. The van der Waals surface area contributed by atoms with Crippen molar-refractivity contribution < 1.29 is 0 Å². The minimum atomic E-state index is 0.658. The molecule has 0 bridgehead atoms. The molecule has 0 spiro atoms. The Hall–Kier alpha value is -2.14. The van der Waals surface area contributed by atoms with E-state index in [2.05, 4.69) is 64.1 Å². The Bertz CT molecular complexity index is 642. The van der Waals surface area contributed by atoms with E-state index in [1.165, 1.54) is 11.1 Å². The number of likely N-dealkylation sites (N-methyl/N-ethyl adjacent to an activating group) is 1. The molecule has 122 valence electrons. The second kappa shape index (κ2) is 6.96. The van der Waals surface area contributed by atoms with E-state index < -0.39 is 0 Å². The standard InChI is InChI=1S/C18H25N5/c1-4-22-7-9-23(10-8-22)17-5-6-19-18(21-17)20-16-12-14(2)11-15(3)13-16/h5-6,11-13H,4,7-10H2,1-3H3,(H,19,20,21). The van der Waals surface area contributed by atoms with E-state index in [-0.39, 0.29) is 0 Å². The van der Waals surface area contributed by atoms with Gasteiger partial charge >= 0.3 is 0 Å². The normalized spacial score (nSPS) is 15.7. The molecule has 0 aliphatic carbocycles. The minimum Gasteiger partial charge on any atom is -0.354 e. The molecule has 3 rings (SSSR count). The third-order valence-electron chi connectivity index (χ3n) is 4.26. The van der Waals surface area contributed by atoms with Gasteiger partial charge in [-0.05, 0) is 49.7 Å². The van der Waals surface area contributed by atoms with Crippen molar-refractivity contribution in [1.29, 1.82) is 0 Å². The van der Waals surface area contributed by atoms with E-state index in [0.717, 1.165) is 44.2 Å². The fourth-order valence-electron chi connectivity index (χ4n) is 3.05. The molecule has 0 radical (unpaired) electrons. The summed E-state index contributed by atoms with van der Waals surface area (Å²) in [6, 6.07) is 8.38. The van der Waals surface area contributed by atoms with Gasteiger partial charge in [-0.2, -0.15) is 4.98 Å². The van der Waals surface area contributed by atoms with Crippen LogP contribution in [0.1, 0.15) is 18.1 Å². The van der Waals surface area contributed by atoms with Crippen molar-refractivity contribution in [2.45, 2.75) is 20.8 Å². The highest BCUT2D eigenvalue weighted by atomic mass is 15.3. The predicted octanol–water partition coefficient (Wildman–Crippen LogP) is 2.98. The number of benzene rings is 1. The summed E-state index contributed by atoms with van der Waals surface area (Å²) in [5.74, 6) is 1.66. The van der Waals surface area contributed by atoms with E-state index in [1.54, 1.807) is 0 Å². The van der Waals surface area contributed by atoms with Crippen LogP contribution in [0.5, 0.6) is 0 Å². The van der Waals surface area contributed by atoms with Crippen molar-refractivity contribution in [2.75, 3.05) is 42.9 Å². The molecule has 0 unspecified atom stereocenters. The first-order valence-corrected chi connectivity index (χ1v) is 8.29. The topological polar surface area (TPSA) is 44.3 Å². The smallest absolute Gasteiger partial charge is 0.229 e. The SMILES string of the molecule is CCN1CCN(c2ccnc(Nc3cc(C)cc(C)c3)n2)CC1. The summed E-state index contributed by atoms with van der Waals surface area (Å²) in [5, 5.41) is 3.33. The summed E-state index contributed by atoms with van der Waals surface area (Å²) in [5.41, 5.74) is 3.51. The summed E-state index contributed by atoms with van der Waals surface area (Å²) in [4.78, 5) is 13.8. The second-order valence-corrected chi connectivity index (χ2v) is 6.16. The van der Waals surface area contributed by atoms with Gasteiger partial charge in [0.15, 0.2) is 0 Å². The Morgan fingerprint density at radius 1 is 1.04 bits per heavy atom. The van der Waals surface area contributed by atoms with E-state index in [1.807, 2.05) is 12.3 Å². The Morgan fingerprint density at radius 3 is 2.39 bits per heavy atom. The fraction of sp³-hybridized carbons (Fsp3) is 0.444. The van der Waals surface area contributed by atoms with Crippen LogP contribution in [0.25, 0.3) is 0 Å². The van der Waals surface area contributed by atoms with Crippen LogP contribution in [0.15, 0.2) is 30.5 Å². The third kappa shape index (κ3) is 3.99. The van der Waals surface area contributed by atoms with Crippen LogP contribution in [-0.2, 0) is 0 Å². The van der Waals surface area contributed by atoms with Crippen molar-refractivity contribution >= 4 is 17.5 Å². The highest BCUT2D eigenvalue weighted by Crippen LogP contribution is 2.19. The monoisotopic (exact) mass is 311 g/mol. The van der Waals surface area contributed by atoms with Gasteiger partial charge in [-0.3, -0.25) is 0 Å². The highest BCUT2D eigenvalue weighted by Gasteiger charge is 2.17. The van der Waals surface area contributed by atoms with Gasteiger partial charge in [-0.25, -0.2) is 4.98 Å². The Balaban J connectivity index is 1.72. The molecule has 1 aliphatic heterocycles. The molecule has 23 heavy (non-hydrogen) atoms. The number of nitrogens with zero attached hydrogens (tertiary/aromatic N) is 4. The molecule has 0 amide bonds. The molecule has 1 saturated heterocycles. The van der Waals surface area contributed by atoms with Crippen molar-refractivity contribution in [3.63, 3.8) is 0 Å². The van der Waals surface area contributed by atoms with Crippen LogP contribution >= 0.6 is 0 Å². The summed E-state index contributed by atoms with van der Waals surface area (Å²) in [7, 11) is 0. The number of nitrogens with one attached hydrogen (secondary N) is 1. The Kier molecular flexibility index (Phi) is 4.76. The predicted molar refractivity (Wildman–Crippen MR) is 95.6 cm³/mol. The molecular formula is C18H25N5. The van der Waals surface area contributed by atoms with Crippen LogP contribution in [0.2, 0.25) is 0 Å². The summed E-state index contributed by atoms with van der Waals surface area (Å²) >= 11 is 0. The summed E-state index contributed by atoms with van der Waals surface area (Å²) in [6.45, 7) is 11.8. The van der Waals surface area contributed by atoms with Crippen LogP contribution in [0, 0.1) is 13.8 Å². The molecule has 2 aromatic rings. The molecule has 5 nitrogen and oxygen atoms in total. The van der Waals surface area contributed by atoms with Gasteiger partial charge in [0.2, 0.25) is 5.95 Å². The maximum Gasteiger partial charge on any atom is 0.229 e. The van der Waals surface area contributed by atoms with E-state index in [0.29, 0.717) is 5.95 Å². The lowest BCUT2D eigenvalue weighted by atomic mass is 10.1. The first-order chi connectivity index (χ1) is 11.1. The molecule has 0 atom stereocenters. The zero-order valence-electron chi connectivity index (χ0n) is 14.2. The molecular weight excluding hydrogens is 286 g/mol. The van der Waals surface area contributed by atoms with E-state index >= 15 is 0 Å². The molecule has 1 aromatic carbocycles. The molecule has 0 saturated carbocycles. The van der Waals surface area contributed by atoms with Gasteiger partial charge in [-0.15, -0.1) is 0 Å². The molecule has 1 aliphatic rings. The summed E-state index contributed by atoms with van der Waals surface area (Å²) in [6.07, 6.45) is 1.83. The number of piperazine rings is 1. The maximum atomic E-state index is 4.69. The van der Waals surface area contributed by atoms with Crippen molar-refractivity contribution in [1.82, 2.24) is 14.9 Å². The molecule has 1 aromatic heterocycles. The zero-order valence-corrected chi connectivity index (χ0v) is 14.2. The number of anilines is 3. The number of aromatic nitrogens is 2. The first kappa shape index (κ1) is 15.7. The average Bonchev–Trinajstić information content (AvgIpc) is 2.54. The third-order valence-corrected chi connectivity index (χ3v) is 4.26. The molecule has 1 N–H and O–H groups in total. The number of hydrogen-bond acceptors (Lipinski definition) is 5. The van der Waals surface area contributed by atoms with Gasteiger partial charge in [0.25, 0.3) is 0 Å². The van der Waals surface area contributed by atoms with Crippen molar-refractivity contribution in [3.05, 3.63) is 41.6 Å². The fourth-order valence-corrected chi connectivity index (χ4v) is 3.05. The average molecular weight is 311 g/mol. The summed E-state index contributed by atoms with van der Waals surface area (Å²) < 4.78 is 0. The molecule has 5 heteroatoms. The highest BCUT2D eigenvalue weighted by molar-refractivity contribution is 5.57. The van der Waals surface area contributed by atoms with E-state index in [4.69, 9.17) is 0 Å². The lowest BCUT2D eigenvalue weighted by Crippen LogP contribution is -2.46. The van der Waals surface area contributed by atoms with Crippen LogP contribution in [-0.4, -0.2) is 47.6 Å². The second-order valence-electron chi connectivity index (χ2n) is 6.16.